The molecule has 72 valence electrons. The summed E-state index contributed by atoms with van der Waals surface area (Å²) in [7, 11) is 1.44. The van der Waals surface area contributed by atoms with Crippen LogP contribution in [0, 0.1) is 5.82 Å². The first-order valence-electron chi connectivity index (χ1n) is 3.58. The summed E-state index contributed by atoms with van der Waals surface area (Å²) in [5.41, 5.74) is 2.02. The van der Waals surface area contributed by atoms with Crippen LogP contribution in [0.4, 0.5) is 4.39 Å². The molecule has 0 bridgehead atoms. The van der Waals surface area contributed by atoms with E-state index in [9.17, 15) is 4.39 Å². The van der Waals surface area contributed by atoms with E-state index in [1.165, 1.54) is 19.2 Å². The first-order chi connectivity index (χ1) is 6.20. The summed E-state index contributed by atoms with van der Waals surface area (Å²) in [5, 5.41) is 8.59. The van der Waals surface area contributed by atoms with E-state index < -0.39 is 5.82 Å². The summed E-state index contributed by atoms with van der Waals surface area (Å²) >= 11 is 5.78. The van der Waals surface area contributed by atoms with Gasteiger partial charge >= 0.3 is 0 Å². The summed E-state index contributed by atoms with van der Waals surface area (Å²) in [4.78, 5) is 0. The van der Waals surface area contributed by atoms with Crippen molar-refractivity contribution in [2.45, 2.75) is 6.54 Å². The van der Waals surface area contributed by atoms with E-state index in [2.05, 4.69) is 0 Å². The van der Waals surface area contributed by atoms with E-state index in [1.54, 1.807) is 0 Å². The second-order valence-corrected chi connectivity index (χ2v) is 2.76. The predicted octanol–water partition coefficient (Wildman–Crippen LogP) is 1.97. The lowest BCUT2D eigenvalue weighted by atomic mass is 10.2. The molecule has 0 atom stereocenters. The van der Waals surface area contributed by atoms with E-state index in [1.807, 2.05) is 5.48 Å². The molecule has 1 aromatic rings. The standard InChI is InChI=1S/C8H9ClFNO2/c1-13-7-3-2-6(10)5(4-11-12)8(7)9/h2-3,11-12H,4H2,1H3. The maximum Gasteiger partial charge on any atom is 0.137 e. The number of rotatable bonds is 3. The van der Waals surface area contributed by atoms with Crippen LogP contribution in [-0.2, 0) is 6.54 Å². The molecule has 0 radical (unpaired) electrons. The lowest BCUT2D eigenvalue weighted by Crippen LogP contribution is -2.09. The van der Waals surface area contributed by atoms with Crippen LogP contribution in [0.1, 0.15) is 5.56 Å². The molecule has 0 unspecified atom stereocenters. The molecule has 0 amide bonds. The first kappa shape index (κ1) is 10.2. The van der Waals surface area contributed by atoms with E-state index >= 15 is 0 Å². The van der Waals surface area contributed by atoms with Gasteiger partial charge in [-0.15, -0.1) is 0 Å². The van der Waals surface area contributed by atoms with Gasteiger partial charge in [0.15, 0.2) is 0 Å². The van der Waals surface area contributed by atoms with E-state index in [4.69, 9.17) is 21.5 Å². The molecule has 0 aromatic heterocycles. The summed E-state index contributed by atoms with van der Waals surface area (Å²) in [5.74, 6) is -0.0966. The molecule has 0 aliphatic carbocycles. The van der Waals surface area contributed by atoms with Crippen molar-refractivity contribution in [2.75, 3.05) is 7.11 Å². The van der Waals surface area contributed by atoms with Crippen molar-refractivity contribution in [1.82, 2.24) is 5.48 Å². The molecular formula is C8H9ClFNO2. The lowest BCUT2D eigenvalue weighted by Gasteiger charge is -2.08. The van der Waals surface area contributed by atoms with Crippen LogP contribution in [0.5, 0.6) is 5.75 Å². The minimum Gasteiger partial charge on any atom is -0.495 e. The van der Waals surface area contributed by atoms with Crippen LogP contribution >= 0.6 is 11.6 Å². The fourth-order valence-electron chi connectivity index (χ4n) is 0.975. The normalized spacial score (nSPS) is 10.2. The lowest BCUT2D eigenvalue weighted by molar-refractivity contribution is 0.160. The maximum atomic E-state index is 13.1. The Morgan fingerprint density at radius 1 is 1.62 bits per heavy atom. The first-order valence-corrected chi connectivity index (χ1v) is 3.96. The number of nitrogens with one attached hydrogen (secondary N) is 1. The molecule has 0 fully saturated rings. The van der Waals surface area contributed by atoms with Gasteiger partial charge in [0.2, 0.25) is 0 Å². The van der Waals surface area contributed by atoms with Gasteiger partial charge in [0.05, 0.1) is 18.7 Å². The molecule has 1 aromatic carbocycles. The fourth-order valence-corrected chi connectivity index (χ4v) is 1.27. The van der Waals surface area contributed by atoms with Crippen molar-refractivity contribution in [3.63, 3.8) is 0 Å². The molecule has 3 nitrogen and oxygen atoms in total. The fraction of sp³-hybridized carbons (Fsp3) is 0.250. The van der Waals surface area contributed by atoms with Crippen LogP contribution in [-0.4, -0.2) is 12.3 Å². The van der Waals surface area contributed by atoms with Crippen molar-refractivity contribution >= 4 is 11.6 Å². The Kier molecular flexibility index (Phi) is 3.48. The highest BCUT2D eigenvalue weighted by atomic mass is 35.5. The molecule has 2 N–H and O–H groups in total. The molecule has 0 spiro atoms. The van der Waals surface area contributed by atoms with Crippen molar-refractivity contribution in [3.8, 4) is 5.75 Å². The molecule has 5 heteroatoms. The van der Waals surface area contributed by atoms with E-state index in [0.29, 0.717) is 5.75 Å². The number of halogens is 2. The highest BCUT2D eigenvalue weighted by Gasteiger charge is 2.11. The summed E-state index contributed by atoms with van der Waals surface area (Å²) < 4.78 is 17.9. The summed E-state index contributed by atoms with van der Waals surface area (Å²) in [6, 6.07) is 2.66. The molecule has 0 saturated heterocycles. The minimum absolute atomic E-state index is 0.0537. The third kappa shape index (κ3) is 2.09. The van der Waals surface area contributed by atoms with Gasteiger partial charge < -0.3 is 9.94 Å². The topological polar surface area (TPSA) is 41.5 Å². The van der Waals surface area contributed by atoms with Gasteiger partial charge in [-0.25, -0.2) is 9.87 Å². The number of benzene rings is 1. The zero-order valence-electron chi connectivity index (χ0n) is 6.97. The van der Waals surface area contributed by atoms with E-state index in [-0.39, 0.29) is 17.1 Å². The molecule has 0 aliphatic rings. The van der Waals surface area contributed by atoms with Gasteiger partial charge in [0, 0.05) is 5.56 Å². The molecule has 1 rings (SSSR count). The number of hydrogen-bond donors (Lipinski definition) is 2. The van der Waals surface area contributed by atoms with Gasteiger partial charge in [-0.3, -0.25) is 0 Å². The Morgan fingerprint density at radius 2 is 2.31 bits per heavy atom. The van der Waals surface area contributed by atoms with Crippen LogP contribution in [0.15, 0.2) is 12.1 Å². The zero-order valence-corrected chi connectivity index (χ0v) is 7.73. The molecule has 0 aliphatic heterocycles. The van der Waals surface area contributed by atoms with Crippen LogP contribution < -0.4 is 10.2 Å². The highest BCUT2D eigenvalue weighted by Crippen LogP contribution is 2.29. The molecule has 0 saturated carbocycles. The monoisotopic (exact) mass is 205 g/mol. The van der Waals surface area contributed by atoms with Gasteiger partial charge in [0.25, 0.3) is 0 Å². The second-order valence-electron chi connectivity index (χ2n) is 2.38. The Labute approximate surface area is 80.0 Å². The Morgan fingerprint density at radius 3 is 2.85 bits per heavy atom. The highest BCUT2D eigenvalue weighted by molar-refractivity contribution is 6.32. The predicted molar refractivity (Wildman–Crippen MR) is 46.6 cm³/mol. The minimum atomic E-state index is -0.479. The average molecular weight is 206 g/mol. The smallest absolute Gasteiger partial charge is 0.137 e. The molecule has 0 heterocycles. The van der Waals surface area contributed by atoms with Crippen LogP contribution in [0.2, 0.25) is 5.02 Å². The SMILES string of the molecule is COc1ccc(F)c(CNO)c1Cl. The number of hydroxylamine groups is 1. The van der Waals surface area contributed by atoms with Crippen molar-refractivity contribution in [3.05, 3.63) is 28.5 Å². The van der Waals surface area contributed by atoms with Crippen LogP contribution in [0.25, 0.3) is 0 Å². The molecular weight excluding hydrogens is 197 g/mol. The Balaban J connectivity index is 3.13. The third-order valence-corrected chi connectivity index (χ3v) is 2.04. The number of ether oxygens (including phenoxy) is 1. The number of methoxy groups -OCH3 is 1. The average Bonchev–Trinajstić information content (AvgIpc) is 2.12. The second kappa shape index (κ2) is 4.41. The van der Waals surface area contributed by atoms with Gasteiger partial charge in [-0.1, -0.05) is 11.6 Å². The van der Waals surface area contributed by atoms with Crippen molar-refractivity contribution in [1.29, 1.82) is 0 Å². The van der Waals surface area contributed by atoms with Crippen LogP contribution in [0.3, 0.4) is 0 Å². The summed E-state index contributed by atoms with van der Waals surface area (Å²) in [6.45, 7) is -0.0537. The maximum absolute atomic E-state index is 13.1. The molecule has 13 heavy (non-hydrogen) atoms. The summed E-state index contributed by atoms with van der Waals surface area (Å²) in [6.07, 6.45) is 0. The zero-order chi connectivity index (χ0) is 9.84. The largest absolute Gasteiger partial charge is 0.495 e. The third-order valence-electron chi connectivity index (χ3n) is 1.63. The van der Waals surface area contributed by atoms with Gasteiger partial charge in [0.1, 0.15) is 11.6 Å². The van der Waals surface area contributed by atoms with Gasteiger partial charge in [-0.2, -0.15) is 0 Å². The van der Waals surface area contributed by atoms with Crippen molar-refractivity contribution < 1.29 is 14.3 Å². The Hall–Kier alpha value is -0.840. The van der Waals surface area contributed by atoms with Crippen molar-refractivity contribution in [2.24, 2.45) is 0 Å². The van der Waals surface area contributed by atoms with Gasteiger partial charge in [-0.05, 0) is 12.1 Å². The quantitative estimate of drug-likeness (QED) is 0.742. The van der Waals surface area contributed by atoms with E-state index in [0.717, 1.165) is 0 Å². The number of hydrogen-bond acceptors (Lipinski definition) is 3. The Bertz CT molecular complexity index is 306.